The maximum absolute atomic E-state index is 13.1. The Morgan fingerprint density at radius 3 is 2.87 bits per heavy atom. The Labute approximate surface area is 170 Å². The zero-order valence-corrected chi connectivity index (χ0v) is 16.3. The van der Waals surface area contributed by atoms with Crippen molar-refractivity contribution in [1.82, 2.24) is 24.5 Å². The van der Waals surface area contributed by atoms with E-state index in [1.165, 1.54) is 6.20 Å². The molecule has 10 heteroatoms. The van der Waals surface area contributed by atoms with Gasteiger partial charge in [0.05, 0.1) is 25.3 Å². The number of nitrogens with zero attached hydrogens (tertiary/aromatic N) is 5. The highest BCUT2D eigenvalue weighted by Gasteiger charge is 2.37. The SMILES string of the molecule is COc1cccc(CC(=O)N2CCCCC2c2ccnc3nc(C(F)(F)F)nn23)c1. The van der Waals surface area contributed by atoms with Crippen LogP contribution in [0.3, 0.4) is 0 Å². The zero-order valence-electron chi connectivity index (χ0n) is 16.3. The normalized spacial score (nSPS) is 17.3. The van der Waals surface area contributed by atoms with Gasteiger partial charge in [-0.05, 0) is 43.0 Å². The standard InChI is InChI=1S/C20H20F3N5O2/c1-30-14-6-4-5-13(11-14)12-17(29)27-10-3-2-7-15(27)16-8-9-24-19-25-18(20(21,22)23)26-28(16)19/h4-6,8-9,11,15H,2-3,7,10,12H2,1H3. The van der Waals surface area contributed by atoms with E-state index in [0.29, 0.717) is 24.4 Å². The number of carbonyl (C=O) groups excluding carboxylic acids is 1. The molecule has 3 aromatic rings. The van der Waals surface area contributed by atoms with Crippen molar-refractivity contribution in [3.63, 3.8) is 0 Å². The van der Waals surface area contributed by atoms with Gasteiger partial charge < -0.3 is 9.64 Å². The molecule has 7 nitrogen and oxygen atoms in total. The Hall–Kier alpha value is -3.17. The van der Waals surface area contributed by atoms with Crippen LogP contribution in [0.2, 0.25) is 0 Å². The van der Waals surface area contributed by atoms with Gasteiger partial charge in [-0.3, -0.25) is 4.79 Å². The molecular weight excluding hydrogens is 399 g/mol. The van der Waals surface area contributed by atoms with Gasteiger partial charge in [-0.1, -0.05) is 12.1 Å². The Morgan fingerprint density at radius 1 is 1.27 bits per heavy atom. The number of halogens is 3. The van der Waals surface area contributed by atoms with E-state index in [1.54, 1.807) is 30.2 Å². The molecule has 1 unspecified atom stereocenters. The number of hydrogen-bond donors (Lipinski definition) is 0. The lowest BCUT2D eigenvalue weighted by Gasteiger charge is -2.36. The van der Waals surface area contributed by atoms with Crippen molar-refractivity contribution in [3.8, 4) is 5.75 Å². The molecule has 1 aliphatic heterocycles. The molecule has 0 radical (unpaired) electrons. The summed E-state index contributed by atoms with van der Waals surface area (Å²) in [4.78, 5) is 22.2. The molecule has 1 saturated heterocycles. The number of ether oxygens (including phenoxy) is 1. The molecule has 1 fully saturated rings. The van der Waals surface area contributed by atoms with Gasteiger partial charge in [-0.15, -0.1) is 5.10 Å². The number of piperidine rings is 1. The van der Waals surface area contributed by atoms with Gasteiger partial charge in [-0.25, -0.2) is 4.98 Å². The fraction of sp³-hybridized carbons (Fsp3) is 0.400. The summed E-state index contributed by atoms with van der Waals surface area (Å²) in [5.74, 6) is -0.819. The third kappa shape index (κ3) is 3.94. The number of methoxy groups -OCH3 is 1. The lowest BCUT2D eigenvalue weighted by molar-refractivity contribution is -0.144. The topological polar surface area (TPSA) is 72.6 Å². The van der Waals surface area contributed by atoms with Crippen LogP contribution in [0.25, 0.3) is 5.78 Å². The Balaban J connectivity index is 1.65. The predicted octanol–water partition coefficient (Wildman–Crippen LogP) is 3.45. The highest BCUT2D eigenvalue weighted by molar-refractivity contribution is 5.79. The van der Waals surface area contributed by atoms with Gasteiger partial charge in [0.25, 0.3) is 11.6 Å². The van der Waals surface area contributed by atoms with Gasteiger partial charge in [0, 0.05) is 12.7 Å². The van der Waals surface area contributed by atoms with Gasteiger partial charge in [0.15, 0.2) is 0 Å². The lowest BCUT2D eigenvalue weighted by atomic mass is 9.98. The molecular formula is C20H20F3N5O2. The monoisotopic (exact) mass is 419 g/mol. The number of benzene rings is 1. The first-order chi connectivity index (χ1) is 14.4. The summed E-state index contributed by atoms with van der Waals surface area (Å²) < 4.78 is 45.5. The molecule has 0 N–H and O–H groups in total. The van der Waals surface area contributed by atoms with Gasteiger partial charge in [0.1, 0.15) is 5.75 Å². The first kappa shape index (κ1) is 20.1. The average Bonchev–Trinajstić information content (AvgIpc) is 3.19. The molecule has 158 valence electrons. The molecule has 4 rings (SSSR count). The third-order valence-electron chi connectivity index (χ3n) is 5.18. The first-order valence-corrected chi connectivity index (χ1v) is 9.58. The summed E-state index contributed by atoms with van der Waals surface area (Å²) >= 11 is 0. The van der Waals surface area contributed by atoms with Gasteiger partial charge in [-0.2, -0.15) is 22.7 Å². The van der Waals surface area contributed by atoms with E-state index in [0.717, 1.165) is 22.9 Å². The average molecular weight is 419 g/mol. The molecule has 1 atom stereocenters. The third-order valence-corrected chi connectivity index (χ3v) is 5.18. The number of rotatable bonds is 4. The van der Waals surface area contributed by atoms with Crippen LogP contribution in [0.4, 0.5) is 13.2 Å². The van der Waals surface area contributed by atoms with Crippen molar-refractivity contribution in [3.05, 3.63) is 53.6 Å². The minimum atomic E-state index is -4.67. The van der Waals surface area contributed by atoms with Crippen molar-refractivity contribution >= 4 is 11.7 Å². The summed E-state index contributed by atoms with van der Waals surface area (Å²) in [6, 6.07) is 8.46. The Morgan fingerprint density at radius 2 is 2.10 bits per heavy atom. The molecule has 0 aliphatic carbocycles. The summed E-state index contributed by atoms with van der Waals surface area (Å²) in [6.45, 7) is 0.526. The van der Waals surface area contributed by atoms with Crippen LogP contribution in [0.15, 0.2) is 36.5 Å². The maximum atomic E-state index is 13.1. The number of carbonyl (C=O) groups is 1. The first-order valence-electron chi connectivity index (χ1n) is 9.58. The summed E-state index contributed by atoms with van der Waals surface area (Å²) in [6.07, 6.45) is -0.770. The van der Waals surface area contributed by atoms with Crippen LogP contribution in [0.1, 0.15) is 42.4 Å². The van der Waals surface area contributed by atoms with Crippen LogP contribution in [-0.2, 0) is 17.4 Å². The largest absolute Gasteiger partial charge is 0.497 e. The van der Waals surface area contributed by atoms with E-state index < -0.39 is 18.0 Å². The smallest absolute Gasteiger partial charge is 0.453 e. The van der Waals surface area contributed by atoms with Crippen molar-refractivity contribution in [2.24, 2.45) is 0 Å². The molecule has 3 heterocycles. The van der Waals surface area contributed by atoms with Crippen LogP contribution in [0.5, 0.6) is 5.75 Å². The van der Waals surface area contributed by atoms with E-state index in [1.807, 2.05) is 12.1 Å². The number of fused-ring (bicyclic) bond motifs is 1. The van der Waals surface area contributed by atoms with E-state index in [-0.39, 0.29) is 18.1 Å². The number of aromatic nitrogens is 4. The minimum absolute atomic E-state index is 0.103. The molecule has 1 amide bonds. The van der Waals surface area contributed by atoms with Crippen molar-refractivity contribution in [2.45, 2.75) is 37.9 Å². The number of amides is 1. The van der Waals surface area contributed by atoms with Crippen LogP contribution in [0, 0.1) is 0 Å². The maximum Gasteiger partial charge on any atom is 0.453 e. The van der Waals surface area contributed by atoms with E-state index in [2.05, 4.69) is 15.1 Å². The second kappa shape index (κ2) is 7.92. The quantitative estimate of drug-likeness (QED) is 0.648. The highest BCUT2D eigenvalue weighted by Crippen LogP contribution is 2.33. The molecule has 1 aromatic carbocycles. The molecule has 0 spiro atoms. The van der Waals surface area contributed by atoms with Gasteiger partial charge in [0.2, 0.25) is 5.91 Å². The summed E-state index contributed by atoms with van der Waals surface area (Å²) in [5.41, 5.74) is 1.28. The molecule has 2 aromatic heterocycles. The van der Waals surface area contributed by atoms with E-state index in [4.69, 9.17) is 4.74 Å². The van der Waals surface area contributed by atoms with Crippen molar-refractivity contribution in [2.75, 3.05) is 13.7 Å². The van der Waals surface area contributed by atoms with Crippen LogP contribution < -0.4 is 4.74 Å². The van der Waals surface area contributed by atoms with E-state index in [9.17, 15) is 18.0 Å². The minimum Gasteiger partial charge on any atom is -0.497 e. The fourth-order valence-electron chi connectivity index (χ4n) is 3.78. The zero-order chi connectivity index (χ0) is 21.3. The molecule has 30 heavy (non-hydrogen) atoms. The van der Waals surface area contributed by atoms with Crippen LogP contribution in [-0.4, -0.2) is 44.0 Å². The lowest BCUT2D eigenvalue weighted by Crippen LogP contribution is -2.40. The molecule has 0 saturated carbocycles. The van der Waals surface area contributed by atoms with Crippen molar-refractivity contribution in [1.29, 1.82) is 0 Å². The number of alkyl halides is 3. The number of likely N-dealkylation sites (tertiary alicyclic amines) is 1. The Bertz CT molecular complexity index is 1070. The second-order valence-corrected chi connectivity index (χ2v) is 7.14. The second-order valence-electron chi connectivity index (χ2n) is 7.14. The van der Waals surface area contributed by atoms with Crippen molar-refractivity contribution < 1.29 is 22.7 Å². The molecule has 0 bridgehead atoms. The van der Waals surface area contributed by atoms with E-state index >= 15 is 0 Å². The summed E-state index contributed by atoms with van der Waals surface area (Å²) in [5, 5.41) is 3.62. The molecule has 1 aliphatic rings. The van der Waals surface area contributed by atoms with Crippen LogP contribution >= 0.6 is 0 Å². The van der Waals surface area contributed by atoms with Gasteiger partial charge >= 0.3 is 6.18 Å². The summed E-state index contributed by atoms with van der Waals surface area (Å²) in [7, 11) is 1.56. The highest BCUT2D eigenvalue weighted by atomic mass is 19.4. The number of hydrogen-bond acceptors (Lipinski definition) is 5. The Kier molecular flexibility index (Phi) is 5.31. The predicted molar refractivity (Wildman–Crippen MR) is 101 cm³/mol. The fourth-order valence-corrected chi connectivity index (χ4v) is 3.78.